The zero-order chi connectivity index (χ0) is 16.5. The van der Waals surface area contributed by atoms with Gasteiger partial charge in [-0.1, -0.05) is 6.92 Å². The fourth-order valence-corrected chi connectivity index (χ4v) is 1.72. The van der Waals surface area contributed by atoms with Crippen molar-refractivity contribution in [1.82, 2.24) is 10.6 Å². The van der Waals surface area contributed by atoms with E-state index in [4.69, 9.17) is 0 Å². The topological polar surface area (TPSA) is 87.3 Å². The van der Waals surface area contributed by atoms with Crippen LogP contribution in [0.1, 0.15) is 37.0 Å². The van der Waals surface area contributed by atoms with Gasteiger partial charge in [-0.2, -0.15) is 0 Å². The number of amides is 3. The minimum Gasteiger partial charge on any atom is -0.356 e. The molecule has 0 saturated heterocycles. The third-order valence-corrected chi connectivity index (χ3v) is 2.74. The molecule has 0 bridgehead atoms. The summed E-state index contributed by atoms with van der Waals surface area (Å²) in [5.41, 5.74) is 0.153. The molecule has 6 nitrogen and oxygen atoms in total. The fourth-order valence-electron chi connectivity index (χ4n) is 1.72. The van der Waals surface area contributed by atoms with E-state index in [1.165, 1.54) is 19.1 Å². The monoisotopic (exact) mass is 309 g/mol. The molecule has 1 aromatic rings. The van der Waals surface area contributed by atoms with Crippen molar-refractivity contribution >= 4 is 23.4 Å². The summed E-state index contributed by atoms with van der Waals surface area (Å²) in [6.45, 7) is 3.95. The Morgan fingerprint density at radius 2 is 1.86 bits per heavy atom. The largest absolute Gasteiger partial charge is 0.356 e. The number of benzene rings is 1. The van der Waals surface area contributed by atoms with Crippen LogP contribution in [0.25, 0.3) is 0 Å². The molecule has 0 atom stereocenters. The lowest BCUT2D eigenvalue weighted by molar-refractivity contribution is -0.121. The van der Waals surface area contributed by atoms with Gasteiger partial charge in [-0.05, 0) is 24.6 Å². The Morgan fingerprint density at radius 1 is 1.14 bits per heavy atom. The van der Waals surface area contributed by atoms with Crippen LogP contribution in [0.4, 0.5) is 10.1 Å². The van der Waals surface area contributed by atoms with E-state index in [0.29, 0.717) is 12.2 Å². The van der Waals surface area contributed by atoms with Gasteiger partial charge in [0.25, 0.3) is 5.91 Å². The molecule has 3 N–H and O–H groups in total. The van der Waals surface area contributed by atoms with Crippen molar-refractivity contribution in [3.63, 3.8) is 0 Å². The van der Waals surface area contributed by atoms with Crippen LogP contribution in [-0.2, 0) is 9.59 Å². The maximum absolute atomic E-state index is 13.7. The van der Waals surface area contributed by atoms with Gasteiger partial charge >= 0.3 is 0 Å². The average molecular weight is 309 g/mol. The molecule has 7 heteroatoms. The van der Waals surface area contributed by atoms with E-state index < -0.39 is 11.7 Å². The minimum atomic E-state index is -0.693. The first-order chi connectivity index (χ1) is 10.4. The summed E-state index contributed by atoms with van der Waals surface area (Å²) < 4.78 is 13.7. The van der Waals surface area contributed by atoms with Gasteiger partial charge in [0.05, 0.1) is 5.56 Å². The van der Waals surface area contributed by atoms with Gasteiger partial charge in [0.15, 0.2) is 0 Å². The van der Waals surface area contributed by atoms with Gasteiger partial charge in [0.2, 0.25) is 11.8 Å². The van der Waals surface area contributed by atoms with Crippen molar-refractivity contribution in [2.45, 2.75) is 26.7 Å². The van der Waals surface area contributed by atoms with Crippen LogP contribution in [-0.4, -0.2) is 30.8 Å². The third kappa shape index (κ3) is 5.90. The second kappa shape index (κ2) is 8.76. The molecule has 0 aliphatic carbocycles. The minimum absolute atomic E-state index is 0.109. The van der Waals surface area contributed by atoms with E-state index in [0.717, 1.165) is 12.5 Å². The van der Waals surface area contributed by atoms with Crippen LogP contribution in [0, 0.1) is 5.82 Å². The molecule has 0 fully saturated rings. The number of anilines is 1. The molecule has 0 aliphatic heterocycles. The Labute approximate surface area is 128 Å². The summed E-state index contributed by atoms with van der Waals surface area (Å²) in [6, 6.07) is 3.73. The van der Waals surface area contributed by atoms with Crippen molar-refractivity contribution in [2.24, 2.45) is 0 Å². The molecule has 0 spiro atoms. The summed E-state index contributed by atoms with van der Waals surface area (Å²) in [6.07, 6.45) is 0.956. The predicted molar refractivity (Wildman–Crippen MR) is 81.0 cm³/mol. The second-order valence-corrected chi connectivity index (χ2v) is 4.73. The normalized spacial score (nSPS) is 9.95. The highest BCUT2D eigenvalue weighted by Crippen LogP contribution is 2.14. The van der Waals surface area contributed by atoms with Gasteiger partial charge in [-0.25, -0.2) is 4.39 Å². The quantitative estimate of drug-likeness (QED) is 0.712. The highest BCUT2D eigenvalue weighted by molar-refractivity contribution is 5.97. The summed E-state index contributed by atoms with van der Waals surface area (Å²) in [5.74, 6) is -1.81. The number of nitrogens with one attached hydrogen (secondary N) is 3. The van der Waals surface area contributed by atoms with E-state index in [2.05, 4.69) is 16.0 Å². The zero-order valence-electron chi connectivity index (χ0n) is 12.7. The molecular formula is C15H20FN3O3. The molecule has 1 aromatic carbocycles. The van der Waals surface area contributed by atoms with Crippen LogP contribution in [0.15, 0.2) is 18.2 Å². The maximum atomic E-state index is 13.7. The summed E-state index contributed by atoms with van der Waals surface area (Å²) in [4.78, 5) is 34.2. The van der Waals surface area contributed by atoms with Gasteiger partial charge in [-0.3, -0.25) is 14.4 Å². The Kier molecular flexibility index (Phi) is 7.01. The molecule has 3 amide bonds. The van der Waals surface area contributed by atoms with Crippen LogP contribution in [0.5, 0.6) is 0 Å². The highest BCUT2D eigenvalue weighted by Gasteiger charge is 2.13. The molecule has 0 aliphatic rings. The smallest absolute Gasteiger partial charge is 0.254 e. The van der Waals surface area contributed by atoms with E-state index >= 15 is 0 Å². The van der Waals surface area contributed by atoms with Gasteiger partial charge in [-0.15, -0.1) is 0 Å². The molecule has 0 aromatic heterocycles. The first-order valence-electron chi connectivity index (χ1n) is 7.06. The lowest BCUT2D eigenvalue weighted by atomic mass is 10.1. The van der Waals surface area contributed by atoms with Crippen molar-refractivity contribution < 1.29 is 18.8 Å². The average Bonchev–Trinajstić information content (AvgIpc) is 2.46. The van der Waals surface area contributed by atoms with Crippen LogP contribution >= 0.6 is 0 Å². The fraction of sp³-hybridized carbons (Fsp3) is 0.400. The van der Waals surface area contributed by atoms with E-state index in [1.54, 1.807) is 0 Å². The van der Waals surface area contributed by atoms with E-state index in [-0.39, 0.29) is 30.3 Å². The number of carbonyl (C=O) groups is 3. The SMILES string of the molecule is CCCNC(=O)CCNC(=O)c1cc(NC(C)=O)ccc1F. The highest BCUT2D eigenvalue weighted by atomic mass is 19.1. The molecule has 0 radical (unpaired) electrons. The molecular weight excluding hydrogens is 289 g/mol. The van der Waals surface area contributed by atoms with Crippen molar-refractivity contribution in [3.8, 4) is 0 Å². The number of halogens is 1. The number of hydrogen-bond acceptors (Lipinski definition) is 3. The predicted octanol–water partition coefficient (Wildman–Crippen LogP) is 1.43. The standard InChI is InChI=1S/C15H20FN3O3/c1-3-7-17-14(21)6-8-18-15(22)12-9-11(19-10(2)20)4-5-13(12)16/h4-5,9H,3,6-8H2,1-2H3,(H,17,21)(H,18,22)(H,19,20). The van der Waals surface area contributed by atoms with Crippen molar-refractivity contribution in [2.75, 3.05) is 18.4 Å². The number of hydrogen-bond donors (Lipinski definition) is 3. The molecule has 1 rings (SSSR count). The van der Waals surface area contributed by atoms with Crippen LogP contribution in [0.3, 0.4) is 0 Å². The summed E-state index contributed by atoms with van der Waals surface area (Å²) >= 11 is 0. The first-order valence-corrected chi connectivity index (χ1v) is 7.06. The van der Waals surface area contributed by atoms with E-state index in [9.17, 15) is 18.8 Å². The first kappa shape index (κ1) is 17.6. The maximum Gasteiger partial charge on any atom is 0.254 e. The molecule has 120 valence electrons. The lowest BCUT2D eigenvalue weighted by Crippen LogP contribution is -2.31. The number of rotatable bonds is 7. The van der Waals surface area contributed by atoms with E-state index in [1.807, 2.05) is 6.92 Å². The lowest BCUT2D eigenvalue weighted by Gasteiger charge is -2.09. The molecule has 0 unspecified atom stereocenters. The van der Waals surface area contributed by atoms with Gasteiger partial charge < -0.3 is 16.0 Å². The summed E-state index contributed by atoms with van der Waals surface area (Å²) in [5, 5.41) is 7.63. The Morgan fingerprint density at radius 3 is 2.50 bits per heavy atom. The Balaban J connectivity index is 2.57. The van der Waals surface area contributed by atoms with Gasteiger partial charge in [0.1, 0.15) is 5.82 Å². The van der Waals surface area contributed by atoms with Crippen LogP contribution in [0.2, 0.25) is 0 Å². The third-order valence-electron chi connectivity index (χ3n) is 2.74. The summed E-state index contributed by atoms with van der Waals surface area (Å²) in [7, 11) is 0. The number of carbonyl (C=O) groups excluding carboxylic acids is 3. The van der Waals surface area contributed by atoms with Crippen molar-refractivity contribution in [3.05, 3.63) is 29.6 Å². The van der Waals surface area contributed by atoms with Crippen LogP contribution < -0.4 is 16.0 Å². The Bertz CT molecular complexity index is 561. The second-order valence-electron chi connectivity index (χ2n) is 4.73. The molecule has 0 heterocycles. The van der Waals surface area contributed by atoms with Gasteiger partial charge in [0, 0.05) is 32.1 Å². The molecule has 22 heavy (non-hydrogen) atoms. The zero-order valence-corrected chi connectivity index (χ0v) is 12.7. The Hall–Kier alpha value is -2.44. The van der Waals surface area contributed by atoms with Crippen molar-refractivity contribution in [1.29, 1.82) is 0 Å². The molecule has 0 saturated carbocycles.